The molecule has 1 aromatic heterocycles. The average Bonchev–Trinajstić information content (AvgIpc) is 3.25. The smallest absolute Gasteiger partial charge is 0.373 e. The fraction of sp³-hybridized carbons (Fsp3) is 0.750. The van der Waals surface area contributed by atoms with Crippen LogP contribution in [0.4, 0.5) is 13.2 Å². The number of ether oxygens (including phenoxy) is 1. The van der Waals surface area contributed by atoms with Crippen LogP contribution in [-0.2, 0) is 16.1 Å². The van der Waals surface area contributed by atoms with Crippen LogP contribution in [-0.4, -0.2) is 40.4 Å². The predicted molar refractivity (Wildman–Crippen MR) is 78.1 cm³/mol. The molecule has 0 spiro atoms. The number of carbonyl (C=O) groups excluding carboxylic acids is 1. The van der Waals surface area contributed by atoms with Gasteiger partial charge in [-0.05, 0) is 25.7 Å². The van der Waals surface area contributed by atoms with E-state index in [1.165, 1.54) is 0 Å². The number of imidazole rings is 1. The van der Waals surface area contributed by atoms with E-state index in [9.17, 15) is 18.0 Å². The molecule has 4 rings (SSSR count). The quantitative estimate of drug-likeness (QED) is 0.916. The van der Waals surface area contributed by atoms with Gasteiger partial charge in [0, 0.05) is 31.4 Å². The molecule has 8 heteroatoms. The molecule has 24 heavy (non-hydrogen) atoms. The van der Waals surface area contributed by atoms with Crippen LogP contribution < -0.4 is 5.32 Å². The van der Waals surface area contributed by atoms with Crippen LogP contribution in [0.15, 0.2) is 12.4 Å². The number of hydrogen-bond donors (Lipinski definition) is 1. The zero-order chi connectivity index (χ0) is 16.9. The summed E-state index contributed by atoms with van der Waals surface area (Å²) in [6.07, 6.45) is 0.532. The number of aromatic nitrogens is 2. The molecule has 0 radical (unpaired) electrons. The van der Waals surface area contributed by atoms with Crippen LogP contribution in [0.5, 0.6) is 0 Å². The lowest BCUT2D eigenvalue weighted by Crippen LogP contribution is -2.47. The van der Waals surface area contributed by atoms with E-state index in [4.69, 9.17) is 4.74 Å². The standard InChI is InChI=1S/C16H20F3N3O2/c17-16(18,19)13-11-4-3-10(24-11)12(13)15(23)21-8-9-2-1-6-22-7-5-20-14(9)22/h5,7,9-13H,1-4,6,8H2,(H,21,23). The highest BCUT2D eigenvalue weighted by Gasteiger charge is 2.62. The summed E-state index contributed by atoms with van der Waals surface area (Å²) in [5.74, 6) is -2.37. The zero-order valence-corrected chi connectivity index (χ0v) is 13.1. The summed E-state index contributed by atoms with van der Waals surface area (Å²) in [5, 5.41) is 2.74. The van der Waals surface area contributed by atoms with Crippen molar-refractivity contribution in [2.45, 2.75) is 56.5 Å². The number of amides is 1. The third-order valence-electron chi connectivity index (χ3n) is 5.54. The van der Waals surface area contributed by atoms with Crippen LogP contribution in [0, 0.1) is 11.8 Å². The van der Waals surface area contributed by atoms with Gasteiger partial charge in [0.05, 0.1) is 24.0 Å². The number of fused-ring (bicyclic) bond motifs is 3. The number of rotatable bonds is 3. The minimum Gasteiger partial charge on any atom is -0.373 e. The number of nitrogens with one attached hydrogen (secondary N) is 1. The summed E-state index contributed by atoms with van der Waals surface area (Å²) in [4.78, 5) is 16.8. The van der Waals surface area contributed by atoms with Gasteiger partial charge < -0.3 is 14.6 Å². The Labute approximate surface area is 137 Å². The Morgan fingerprint density at radius 3 is 2.92 bits per heavy atom. The molecular weight excluding hydrogens is 323 g/mol. The highest BCUT2D eigenvalue weighted by atomic mass is 19.4. The molecule has 132 valence electrons. The van der Waals surface area contributed by atoms with E-state index in [1.807, 2.05) is 10.8 Å². The Bertz CT molecular complexity index is 630. The maximum atomic E-state index is 13.3. The summed E-state index contributed by atoms with van der Waals surface area (Å²) in [7, 11) is 0. The molecule has 1 amide bonds. The van der Waals surface area contributed by atoms with E-state index in [1.54, 1.807) is 6.20 Å². The Morgan fingerprint density at radius 2 is 2.12 bits per heavy atom. The molecule has 3 aliphatic rings. The second kappa shape index (κ2) is 5.75. The van der Waals surface area contributed by atoms with Gasteiger partial charge in [0.2, 0.25) is 5.91 Å². The average molecular weight is 343 g/mol. The Morgan fingerprint density at radius 1 is 1.33 bits per heavy atom. The second-order valence-corrected chi connectivity index (χ2v) is 6.95. The third kappa shape index (κ3) is 2.60. The summed E-state index contributed by atoms with van der Waals surface area (Å²) in [6.45, 7) is 1.23. The van der Waals surface area contributed by atoms with Gasteiger partial charge in [0.25, 0.3) is 0 Å². The monoisotopic (exact) mass is 343 g/mol. The normalized spacial score (nSPS) is 35.0. The van der Waals surface area contributed by atoms with Crippen molar-refractivity contribution in [3.05, 3.63) is 18.2 Å². The van der Waals surface area contributed by atoms with Gasteiger partial charge in [0.1, 0.15) is 5.82 Å². The fourth-order valence-corrected chi connectivity index (χ4v) is 4.47. The van der Waals surface area contributed by atoms with Gasteiger partial charge in [-0.2, -0.15) is 13.2 Å². The highest BCUT2D eigenvalue weighted by molar-refractivity contribution is 5.80. The van der Waals surface area contributed by atoms with Gasteiger partial charge >= 0.3 is 6.18 Å². The molecule has 4 heterocycles. The molecule has 5 atom stereocenters. The van der Waals surface area contributed by atoms with Crippen molar-refractivity contribution in [3.8, 4) is 0 Å². The van der Waals surface area contributed by atoms with E-state index in [0.717, 1.165) is 25.2 Å². The Balaban J connectivity index is 1.43. The number of carbonyl (C=O) groups is 1. The zero-order valence-electron chi connectivity index (χ0n) is 13.1. The first-order valence-electron chi connectivity index (χ1n) is 8.46. The predicted octanol–water partition coefficient (Wildman–Crippen LogP) is 2.23. The van der Waals surface area contributed by atoms with Gasteiger partial charge in [-0.3, -0.25) is 4.79 Å². The molecule has 0 saturated carbocycles. The summed E-state index contributed by atoms with van der Waals surface area (Å²) in [5.41, 5.74) is 0. The van der Waals surface area contributed by atoms with Crippen LogP contribution in [0.1, 0.15) is 37.4 Å². The Kier molecular flexibility index (Phi) is 3.82. The van der Waals surface area contributed by atoms with Crippen molar-refractivity contribution in [1.29, 1.82) is 0 Å². The molecule has 1 aromatic rings. The lowest BCUT2D eigenvalue weighted by atomic mass is 9.78. The van der Waals surface area contributed by atoms with Crippen molar-refractivity contribution < 1.29 is 22.7 Å². The largest absolute Gasteiger partial charge is 0.395 e. The van der Waals surface area contributed by atoms with E-state index in [0.29, 0.717) is 19.4 Å². The molecule has 1 N–H and O–H groups in total. The molecule has 3 aliphatic heterocycles. The van der Waals surface area contributed by atoms with Crippen molar-refractivity contribution in [2.75, 3.05) is 6.54 Å². The van der Waals surface area contributed by atoms with Crippen LogP contribution in [0.2, 0.25) is 0 Å². The molecule has 2 fully saturated rings. The van der Waals surface area contributed by atoms with Crippen molar-refractivity contribution in [3.63, 3.8) is 0 Å². The van der Waals surface area contributed by atoms with Gasteiger partial charge in [-0.25, -0.2) is 4.98 Å². The lowest BCUT2D eigenvalue weighted by molar-refractivity contribution is -0.197. The van der Waals surface area contributed by atoms with E-state index >= 15 is 0 Å². The molecule has 2 bridgehead atoms. The summed E-state index contributed by atoms with van der Waals surface area (Å²) < 4.78 is 47.3. The molecule has 0 aromatic carbocycles. The van der Waals surface area contributed by atoms with Gasteiger partial charge in [-0.1, -0.05) is 0 Å². The number of nitrogens with zero attached hydrogens (tertiary/aromatic N) is 2. The number of halogens is 3. The minimum atomic E-state index is -4.40. The number of hydrogen-bond acceptors (Lipinski definition) is 3. The number of alkyl halides is 3. The first kappa shape index (κ1) is 15.9. The van der Waals surface area contributed by atoms with Crippen molar-refractivity contribution in [2.24, 2.45) is 11.8 Å². The first-order chi connectivity index (χ1) is 11.4. The van der Waals surface area contributed by atoms with Gasteiger partial charge in [-0.15, -0.1) is 0 Å². The SMILES string of the molecule is O=C(NCC1CCCn2ccnc21)C1C2CCC(O2)C1C(F)(F)F. The lowest BCUT2D eigenvalue weighted by Gasteiger charge is -2.30. The van der Waals surface area contributed by atoms with Crippen LogP contribution >= 0.6 is 0 Å². The summed E-state index contributed by atoms with van der Waals surface area (Å²) >= 11 is 0. The van der Waals surface area contributed by atoms with E-state index in [-0.39, 0.29) is 5.92 Å². The topological polar surface area (TPSA) is 56.2 Å². The number of aryl methyl sites for hydroxylation is 1. The fourth-order valence-electron chi connectivity index (χ4n) is 4.47. The van der Waals surface area contributed by atoms with E-state index < -0.39 is 36.1 Å². The van der Waals surface area contributed by atoms with Gasteiger partial charge in [0.15, 0.2) is 0 Å². The first-order valence-corrected chi connectivity index (χ1v) is 8.46. The van der Waals surface area contributed by atoms with Crippen LogP contribution in [0.25, 0.3) is 0 Å². The van der Waals surface area contributed by atoms with Crippen LogP contribution in [0.3, 0.4) is 0 Å². The molecule has 0 aliphatic carbocycles. The Hall–Kier alpha value is -1.57. The molecule has 5 unspecified atom stereocenters. The van der Waals surface area contributed by atoms with E-state index in [2.05, 4.69) is 10.3 Å². The summed E-state index contributed by atoms with van der Waals surface area (Å²) in [6, 6.07) is 0. The van der Waals surface area contributed by atoms with Crippen molar-refractivity contribution in [1.82, 2.24) is 14.9 Å². The molecule has 5 nitrogen and oxygen atoms in total. The highest BCUT2D eigenvalue weighted by Crippen LogP contribution is 2.50. The van der Waals surface area contributed by atoms with Crippen molar-refractivity contribution >= 4 is 5.91 Å². The minimum absolute atomic E-state index is 0.0570. The molecular formula is C16H20F3N3O2. The maximum Gasteiger partial charge on any atom is 0.395 e. The molecule has 2 saturated heterocycles. The third-order valence-corrected chi connectivity index (χ3v) is 5.54. The maximum absolute atomic E-state index is 13.3. The second-order valence-electron chi connectivity index (χ2n) is 6.95.